The Labute approximate surface area is 128 Å². The fourth-order valence-corrected chi connectivity index (χ4v) is 2.39. The smallest absolute Gasteiger partial charge is 0.255 e. The minimum Gasteiger partial charge on any atom is -0.390 e. The zero-order valence-electron chi connectivity index (χ0n) is 12.4. The van der Waals surface area contributed by atoms with Gasteiger partial charge in [0.25, 0.3) is 5.91 Å². The minimum absolute atomic E-state index is 0.0778. The van der Waals surface area contributed by atoms with Crippen molar-refractivity contribution in [3.05, 3.63) is 42.1 Å². The van der Waals surface area contributed by atoms with E-state index in [4.69, 9.17) is 4.84 Å². The number of hydrogen-bond donors (Lipinski definition) is 2. The Balaban J connectivity index is 1.63. The topological polar surface area (TPSA) is 79.4 Å². The first-order valence-corrected chi connectivity index (χ1v) is 7.36. The summed E-state index contributed by atoms with van der Waals surface area (Å²) in [6.07, 6.45) is 3.12. The van der Waals surface area contributed by atoms with Gasteiger partial charge in [0.15, 0.2) is 0 Å². The quantitative estimate of drug-likeness (QED) is 0.889. The zero-order valence-corrected chi connectivity index (χ0v) is 12.4. The highest BCUT2D eigenvalue weighted by molar-refractivity contribution is 5.99. The number of carbonyl (C=O) groups excluding carboxylic acids is 1. The highest BCUT2D eigenvalue weighted by atomic mass is 16.6. The molecule has 114 valence electrons. The van der Waals surface area contributed by atoms with Crippen molar-refractivity contribution in [1.82, 2.24) is 15.5 Å². The molecule has 0 fully saturated rings. The van der Waals surface area contributed by atoms with Crippen molar-refractivity contribution in [1.29, 1.82) is 0 Å². The summed E-state index contributed by atoms with van der Waals surface area (Å²) in [6.45, 7) is 2.48. The van der Waals surface area contributed by atoms with E-state index in [-0.39, 0.29) is 12.0 Å². The SMILES string of the molecule is CCC1=NOC(CNC(=O)c2cn[nH]c2-c2ccccc2)C1. The lowest BCUT2D eigenvalue weighted by Crippen LogP contribution is -2.32. The van der Waals surface area contributed by atoms with Gasteiger partial charge in [0, 0.05) is 12.0 Å². The second-order valence-corrected chi connectivity index (χ2v) is 5.18. The lowest BCUT2D eigenvalue weighted by molar-refractivity contribution is 0.0754. The number of oxime groups is 1. The molecule has 0 aliphatic carbocycles. The van der Waals surface area contributed by atoms with Crippen LogP contribution in [0.2, 0.25) is 0 Å². The van der Waals surface area contributed by atoms with Gasteiger partial charge in [0.05, 0.1) is 29.7 Å². The van der Waals surface area contributed by atoms with Crippen LogP contribution in [-0.2, 0) is 4.84 Å². The Bertz CT molecular complexity index is 678. The first kappa shape index (κ1) is 14.3. The summed E-state index contributed by atoms with van der Waals surface area (Å²) in [5.41, 5.74) is 3.21. The van der Waals surface area contributed by atoms with E-state index >= 15 is 0 Å². The summed E-state index contributed by atoms with van der Waals surface area (Å²) in [4.78, 5) is 17.6. The molecule has 0 bridgehead atoms. The van der Waals surface area contributed by atoms with Gasteiger partial charge in [-0.1, -0.05) is 42.4 Å². The van der Waals surface area contributed by atoms with Crippen LogP contribution in [-0.4, -0.2) is 34.5 Å². The number of nitrogens with zero attached hydrogens (tertiary/aromatic N) is 2. The van der Waals surface area contributed by atoms with Gasteiger partial charge in [-0.25, -0.2) is 0 Å². The molecular formula is C16H18N4O2. The van der Waals surface area contributed by atoms with E-state index in [9.17, 15) is 4.79 Å². The Morgan fingerprint density at radius 3 is 2.95 bits per heavy atom. The predicted molar refractivity (Wildman–Crippen MR) is 83.6 cm³/mol. The predicted octanol–water partition coefficient (Wildman–Crippen LogP) is 2.36. The molecule has 1 amide bonds. The third kappa shape index (κ3) is 3.00. The number of nitrogens with one attached hydrogen (secondary N) is 2. The zero-order chi connectivity index (χ0) is 15.4. The fraction of sp³-hybridized carbons (Fsp3) is 0.312. The average molecular weight is 298 g/mol. The Hall–Kier alpha value is -2.63. The molecule has 1 aromatic carbocycles. The molecule has 2 aromatic rings. The van der Waals surface area contributed by atoms with Crippen molar-refractivity contribution in [3.8, 4) is 11.3 Å². The van der Waals surface area contributed by atoms with E-state index in [0.29, 0.717) is 12.1 Å². The monoisotopic (exact) mass is 298 g/mol. The number of aromatic nitrogens is 2. The molecule has 22 heavy (non-hydrogen) atoms. The highest BCUT2D eigenvalue weighted by Gasteiger charge is 2.22. The van der Waals surface area contributed by atoms with Crippen LogP contribution >= 0.6 is 0 Å². The number of aromatic amines is 1. The molecule has 1 unspecified atom stereocenters. The van der Waals surface area contributed by atoms with Crippen LogP contribution in [0.25, 0.3) is 11.3 Å². The number of rotatable bonds is 5. The molecule has 1 aromatic heterocycles. The third-order valence-electron chi connectivity index (χ3n) is 3.64. The second kappa shape index (κ2) is 6.43. The van der Waals surface area contributed by atoms with Crippen molar-refractivity contribution in [3.63, 3.8) is 0 Å². The molecule has 0 saturated carbocycles. The number of hydrogen-bond acceptors (Lipinski definition) is 4. The summed E-state index contributed by atoms with van der Waals surface area (Å²) < 4.78 is 0. The van der Waals surface area contributed by atoms with Gasteiger partial charge in [0.2, 0.25) is 0 Å². The molecule has 3 rings (SSSR count). The molecule has 2 heterocycles. The molecule has 6 nitrogen and oxygen atoms in total. The van der Waals surface area contributed by atoms with Crippen molar-refractivity contribution in [2.75, 3.05) is 6.54 Å². The molecule has 6 heteroatoms. The normalized spacial score (nSPS) is 17.0. The van der Waals surface area contributed by atoms with Gasteiger partial charge >= 0.3 is 0 Å². The third-order valence-corrected chi connectivity index (χ3v) is 3.64. The van der Waals surface area contributed by atoms with E-state index in [0.717, 1.165) is 29.8 Å². The number of H-pyrrole nitrogens is 1. The Morgan fingerprint density at radius 2 is 2.23 bits per heavy atom. The van der Waals surface area contributed by atoms with E-state index in [1.54, 1.807) is 6.20 Å². The van der Waals surface area contributed by atoms with E-state index in [1.807, 2.05) is 37.3 Å². The lowest BCUT2D eigenvalue weighted by atomic mass is 10.1. The molecule has 0 saturated heterocycles. The summed E-state index contributed by atoms with van der Waals surface area (Å²) in [5, 5.41) is 13.7. The number of benzene rings is 1. The van der Waals surface area contributed by atoms with Gasteiger partial charge in [0.1, 0.15) is 6.10 Å². The van der Waals surface area contributed by atoms with Gasteiger partial charge in [-0.15, -0.1) is 0 Å². The molecule has 1 atom stereocenters. The van der Waals surface area contributed by atoms with Crippen LogP contribution in [0.3, 0.4) is 0 Å². The molecule has 0 spiro atoms. The summed E-state index contributed by atoms with van der Waals surface area (Å²) >= 11 is 0. The Kier molecular flexibility index (Phi) is 4.18. The van der Waals surface area contributed by atoms with Crippen molar-refractivity contribution in [2.24, 2.45) is 5.16 Å². The molecular weight excluding hydrogens is 280 g/mol. The molecule has 1 aliphatic heterocycles. The average Bonchev–Trinajstić information content (AvgIpc) is 3.22. The molecule has 2 N–H and O–H groups in total. The maximum absolute atomic E-state index is 12.3. The van der Waals surface area contributed by atoms with Crippen LogP contribution in [0.1, 0.15) is 30.1 Å². The van der Waals surface area contributed by atoms with E-state index in [2.05, 4.69) is 20.7 Å². The second-order valence-electron chi connectivity index (χ2n) is 5.18. The summed E-state index contributed by atoms with van der Waals surface area (Å²) in [5.74, 6) is -0.166. The van der Waals surface area contributed by atoms with Gasteiger partial charge in [-0.3, -0.25) is 9.89 Å². The largest absolute Gasteiger partial charge is 0.390 e. The van der Waals surface area contributed by atoms with E-state index in [1.165, 1.54) is 0 Å². The van der Waals surface area contributed by atoms with Gasteiger partial charge < -0.3 is 10.2 Å². The number of carbonyl (C=O) groups is 1. The standard InChI is InChI=1S/C16H18N4O2/c1-2-12-8-13(22-20-12)9-17-16(21)14-10-18-19-15(14)11-6-4-3-5-7-11/h3-7,10,13H,2,8-9H2,1H3,(H,17,21)(H,18,19). The maximum atomic E-state index is 12.3. The van der Waals surface area contributed by atoms with Crippen molar-refractivity contribution in [2.45, 2.75) is 25.9 Å². The lowest BCUT2D eigenvalue weighted by Gasteiger charge is -2.10. The van der Waals surface area contributed by atoms with Gasteiger partial charge in [-0.05, 0) is 6.42 Å². The van der Waals surface area contributed by atoms with Crippen LogP contribution in [0.4, 0.5) is 0 Å². The first-order chi connectivity index (χ1) is 10.8. The minimum atomic E-state index is -0.166. The summed E-state index contributed by atoms with van der Waals surface area (Å²) in [6, 6.07) is 9.65. The summed E-state index contributed by atoms with van der Waals surface area (Å²) in [7, 11) is 0. The van der Waals surface area contributed by atoms with Crippen molar-refractivity contribution >= 4 is 11.6 Å². The Morgan fingerprint density at radius 1 is 1.41 bits per heavy atom. The van der Waals surface area contributed by atoms with Crippen LogP contribution < -0.4 is 5.32 Å². The molecule has 1 aliphatic rings. The van der Waals surface area contributed by atoms with Crippen LogP contribution in [0.5, 0.6) is 0 Å². The maximum Gasteiger partial charge on any atom is 0.255 e. The van der Waals surface area contributed by atoms with Crippen molar-refractivity contribution < 1.29 is 9.63 Å². The number of amides is 1. The fourth-order valence-electron chi connectivity index (χ4n) is 2.39. The van der Waals surface area contributed by atoms with E-state index < -0.39 is 0 Å². The van der Waals surface area contributed by atoms with Gasteiger partial charge in [-0.2, -0.15) is 5.10 Å². The first-order valence-electron chi connectivity index (χ1n) is 7.36. The highest BCUT2D eigenvalue weighted by Crippen LogP contribution is 2.20. The van der Waals surface area contributed by atoms with Crippen LogP contribution in [0, 0.1) is 0 Å². The van der Waals surface area contributed by atoms with Crippen LogP contribution in [0.15, 0.2) is 41.7 Å². The molecule has 0 radical (unpaired) electrons.